The highest BCUT2D eigenvalue weighted by Crippen LogP contribution is 2.04. The average Bonchev–Trinajstić information content (AvgIpc) is 2.40. The highest BCUT2D eigenvalue weighted by molar-refractivity contribution is 6.39. The first-order valence-corrected chi connectivity index (χ1v) is 5.89. The van der Waals surface area contributed by atoms with Gasteiger partial charge in [0.2, 0.25) is 0 Å². The molecule has 5 nitrogen and oxygen atoms in total. The summed E-state index contributed by atoms with van der Waals surface area (Å²) in [6, 6.07) is 8.79. The van der Waals surface area contributed by atoms with Gasteiger partial charge in [-0.3, -0.25) is 9.59 Å². The molecule has 18 heavy (non-hydrogen) atoms. The predicted molar refractivity (Wildman–Crippen MR) is 71.2 cm³/mol. The molecule has 2 amide bonds. The van der Waals surface area contributed by atoms with E-state index in [0.29, 0.717) is 5.69 Å². The van der Waals surface area contributed by atoms with Crippen LogP contribution in [0, 0.1) is 0 Å². The lowest BCUT2D eigenvalue weighted by Crippen LogP contribution is -2.32. The van der Waals surface area contributed by atoms with E-state index >= 15 is 0 Å². The van der Waals surface area contributed by atoms with Crippen LogP contribution in [0.15, 0.2) is 35.4 Å². The summed E-state index contributed by atoms with van der Waals surface area (Å²) in [5.41, 5.74) is 3.66. The van der Waals surface area contributed by atoms with Crippen LogP contribution in [-0.4, -0.2) is 17.5 Å². The second kappa shape index (κ2) is 7.21. The zero-order valence-corrected chi connectivity index (χ0v) is 10.6. The smallest absolute Gasteiger partial charge is 0.318 e. The van der Waals surface area contributed by atoms with Gasteiger partial charge in [0.1, 0.15) is 0 Å². The molecule has 0 saturated heterocycles. The average molecular weight is 247 g/mol. The Morgan fingerprint density at radius 1 is 1.06 bits per heavy atom. The molecule has 0 aromatic heterocycles. The number of carbonyl (C=O) groups excluding carboxylic acids is 2. The zero-order chi connectivity index (χ0) is 13.4. The molecule has 0 bridgehead atoms. The molecule has 0 fully saturated rings. The minimum Gasteiger partial charge on any atom is -0.318 e. The van der Waals surface area contributed by atoms with E-state index in [9.17, 15) is 9.59 Å². The van der Waals surface area contributed by atoms with Gasteiger partial charge in [0.05, 0.1) is 0 Å². The summed E-state index contributed by atoms with van der Waals surface area (Å²) in [5.74, 6) is -1.49. The topological polar surface area (TPSA) is 70.6 Å². The predicted octanol–water partition coefficient (Wildman–Crippen LogP) is 1.92. The quantitative estimate of drug-likeness (QED) is 0.485. The Morgan fingerprint density at radius 2 is 1.67 bits per heavy atom. The molecule has 96 valence electrons. The normalized spacial score (nSPS) is 9.44. The van der Waals surface area contributed by atoms with Crippen LogP contribution in [0.5, 0.6) is 0 Å². The Morgan fingerprint density at radius 3 is 2.22 bits per heavy atom. The molecular formula is C13H17N3O2. The Labute approximate surface area is 106 Å². The molecule has 0 unspecified atom stereocenters. The maximum atomic E-state index is 11.5. The molecule has 0 saturated carbocycles. The number of amides is 2. The number of hydrogen-bond acceptors (Lipinski definition) is 3. The lowest BCUT2D eigenvalue weighted by Gasteiger charge is -2.04. The monoisotopic (exact) mass is 247 g/mol. The molecule has 0 spiro atoms. The van der Waals surface area contributed by atoms with Gasteiger partial charge in [-0.05, 0) is 25.0 Å². The van der Waals surface area contributed by atoms with Crippen molar-refractivity contribution in [3.8, 4) is 0 Å². The van der Waals surface area contributed by atoms with Gasteiger partial charge in [0.15, 0.2) is 0 Å². The number of para-hydroxylation sites is 1. The number of nitrogens with one attached hydrogen (secondary N) is 2. The Bertz CT molecular complexity index is 435. The van der Waals surface area contributed by atoms with Crippen LogP contribution >= 0.6 is 0 Å². The van der Waals surface area contributed by atoms with Crippen molar-refractivity contribution in [1.29, 1.82) is 0 Å². The molecule has 0 atom stereocenters. The largest absolute Gasteiger partial charge is 0.329 e. The first-order chi connectivity index (χ1) is 8.67. The second-order valence-electron chi connectivity index (χ2n) is 3.65. The molecule has 5 heteroatoms. The Kier molecular flexibility index (Phi) is 5.57. The van der Waals surface area contributed by atoms with Crippen molar-refractivity contribution in [2.75, 3.05) is 5.32 Å². The van der Waals surface area contributed by atoms with E-state index in [1.165, 1.54) is 0 Å². The third-order valence-electron chi connectivity index (χ3n) is 2.37. The lowest BCUT2D eigenvalue weighted by molar-refractivity contribution is -0.136. The summed E-state index contributed by atoms with van der Waals surface area (Å²) in [6.45, 7) is 3.89. The second-order valence-corrected chi connectivity index (χ2v) is 3.65. The van der Waals surface area contributed by atoms with Crippen molar-refractivity contribution >= 4 is 23.2 Å². The van der Waals surface area contributed by atoms with E-state index < -0.39 is 11.8 Å². The Balaban J connectivity index is 2.52. The molecule has 1 aromatic rings. The number of anilines is 1. The molecule has 0 aliphatic carbocycles. The number of benzene rings is 1. The molecule has 0 aliphatic rings. The fourth-order valence-electron chi connectivity index (χ4n) is 1.30. The van der Waals surface area contributed by atoms with E-state index in [1.807, 2.05) is 19.9 Å². The van der Waals surface area contributed by atoms with Gasteiger partial charge < -0.3 is 5.32 Å². The van der Waals surface area contributed by atoms with Crippen molar-refractivity contribution in [2.45, 2.75) is 26.7 Å². The van der Waals surface area contributed by atoms with Crippen LogP contribution in [0.1, 0.15) is 26.7 Å². The molecular weight excluding hydrogens is 230 g/mol. The van der Waals surface area contributed by atoms with Crippen LogP contribution in [0.25, 0.3) is 0 Å². The van der Waals surface area contributed by atoms with E-state index in [4.69, 9.17) is 0 Å². The van der Waals surface area contributed by atoms with Crippen molar-refractivity contribution in [3.05, 3.63) is 30.3 Å². The van der Waals surface area contributed by atoms with E-state index in [1.54, 1.807) is 24.3 Å². The number of nitrogens with zero attached hydrogens (tertiary/aromatic N) is 1. The Hall–Kier alpha value is -2.17. The van der Waals surface area contributed by atoms with Crippen LogP contribution in [0.2, 0.25) is 0 Å². The summed E-state index contributed by atoms with van der Waals surface area (Å²) in [7, 11) is 0. The lowest BCUT2D eigenvalue weighted by atomic mass is 10.2. The summed E-state index contributed by atoms with van der Waals surface area (Å²) in [6.07, 6.45) is 1.49. The van der Waals surface area contributed by atoms with Gasteiger partial charge >= 0.3 is 11.8 Å². The van der Waals surface area contributed by atoms with Crippen LogP contribution in [0.3, 0.4) is 0 Å². The molecule has 1 rings (SSSR count). The van der Waals surface area contributed by atoms with Gasteiger partial charge in [-0.15, -0.1) is 0 Å². The van der Waals surface area contributed by atoms with Gasteiger partial charge in [0, 0.05) is 11.4 Å². The third kappa shape index (κ3) is 4.37. The minimum atomic E-state index is -0.766. The third-order valence-corrected chi connectivity index (χ3v) is 2.37. The van der Waals surface area contributed by atoms with Gasteiger partial charge in [-0.1, -0.05) is 32.0 Å². The highest BCUT2D eigenvalue weighted by atomic mass is 16.2. The van der Waals surface area contributed by atoms with E-state index in [0.717, 1.165) is 18.6 Å². The summed E-state index contributed by atoms with van der Waals surface area (Å²) in [5, 5.41) is 6.36. The van der Waals surface area contributed by atoms with Crippen molar-refractivity contribution in [3.63, 3.8) is 0 Å². The summed E-state index contributed by atoms with van der Waals surface area (Å²) < 4.78 is 0. The molecule has 0 heterocycles. The summed E-state index contributed by atoms with van der Waals surface area (Å²) >= 11 is 0. The zero-order valence-electron chi connectivity index (χ0n) is 10.6. The SMILES string of the molecule is CCC(CC)=NNC(=O)C(=O)Nc1ccccc1. The fourth-order valence-corrected chi connectivity index (χ4v) is 1.30. The fraction of sp³-hybridized carbons (Fsp3) is 0.308. The van der Waals surface area contributed by atoms with Gasteiger partial charge in [-0.25, -0.2) is 5.43 Å². The molecule has 1 aromatic carbocycles. The number of carbonyl (C=O) groups is 2. The molecule has 0 radical (unpaired) electrons. The van der Waals surface area contributed by atoms with Gasteiger partial charge in [0.25, 0.3) is 0 Å². The van der Waals surface area contributed by atoms with E-state index in [-0.39, 0.29) is 0 Å². The van der Waals surface area contributed by atoms with Crippen LogP contribution in [-0.2, 0) is 9.59 Å². The molecule has 2 N–H and O–H groups in total. The number of hydrogen-bond donors (Lipinski definition) is 2. The van der Waals surface area contributed by atoms with Crippen LogP contribution in [0.4, 0.5) is 5.69 Å². The number of hydrazone groups is 1. The van der Waals surface area contributed by atoms with Crippen molar-refractivity contribution < 1.29 is 9.59 Å². The maximum absolute atomic E-state index is 11.5. The first-order valence-electron chi connectivity index (χ1n) is 5.89. The molecule has 0 aliphatic heterocycles. The summed E-state index contributed by atoms with van der Waals surface area (Å²) in [4.78, 5) is 23.0. The highest BCUT2D eigenvalue weighted by Gasteiger charge is 2.12. The van der Waals surface area contributed by atoms with Gasteiger partial charge in [-0.2, -0.15) is 5.10 Å². The standard InChI is InChI=1S/C13H17N3O2/c1-3-10(4-2)15-16-13(18)12(17)14-11-8-6-5-7-9-11/h5-9H,3-4H2,1-2H3,(H,14,17)(H,16,18). The number of rotatable bonds is 4. The maximum Gasteiger partial charge on any atom is 0.329 e. The van der Waals surface area contributed by atoms with E-state index in [2.05, 4.69) is 15.8 Å². The van der Waals surface area contributed by atoms with Crippen molar-refractivity contribution in [1.82, 2.24) is 5.43 Å². The van der Waals surface area contributed by atoms with Crippen molar-refractivity contribution in [2.24, 2.45) is 5.10 Å². The van der Waals surface area contributed by atoms with Crippen LogP contribution < -0.4 is 10.7 Å². The minimum absolute atomic E-state index is 0.577. The first kappa shape index (κ1) is 13.9.